The third-order valence-corrected chi connectivity index (χ3v) is 4.49. The smallest absolute Gasteiger partial charge is 0.245 e. The van der Waals surface area contributed by atoms with E-state index in [4.69, 9.17) is 5.84 Å². The van der Waals surface area contributed by atoms with E-state index in [1.807, 2.05) is 67.7 Å². The zero-order valence-electron chi connectivity index (χ0n) is 14.1. The minimum Gasteiger partial charge on any atom is -0.283 e. The summed E-state index contributed by atoms with van der Waals surface area (Å²) in [5.74, 6) is 6.21. The number of benzene rings is 2. The number of amides is 1. The first-order chi connectivity index (χ1) is 11.6. The number of anilines is 2. The fourth-order valence-electron chi connectivity index (χ4n) is 2.97. The van der Waals surface area contributed by atoms with Gasteiger partial charge in [0.25, 0.3) is 0 Å². The molecule has 1 saturated heterocycles. The molecule has 2 aromatic rings. The highest BCUT2D eigenvalue weighted by Crippen LogP contribution is 2.25. The molecule has 0 radical (unpaired) electrons. The third-order valence-electron chi connectivity index (χ3n) is 4.49. The summed E-state index contributed by atoms with van der Waals surface area (Å²) in [5, 5.41) is 0. The Balaban J connectivity index is 1.78. The van der Waals surface area contributed by atoms with Crippen LogP contribution in [0, 0.1) is 0 Å². The lowest BCUT2D eigenvalue weighted by molar-refractivity contribution is -0.925. The Labute approximate surface area is 143 Å². The summed E-state index contributed by atoms with van der Waals surface area (Å²) in [7, 11) is 2.03. The number of quaternary nitrogens is 1. The van der Waals surface area contributed by atoms with E-state index in [0.29, 0.717) is 11.1 Å². The van der Waals surface area contributed by atoms with E-state index in [1.54, 1.807) is 4.90 Å². The van der Waals surface area contributed by atoms with Gasteiger partial charge in [-0.3, -0.25) is 14.6 Å². The highest BCUT2D eigenvalue weighted by molar-refractivity contribution is 6.01. The molecule has 1 aliphatic heterocycles. The van der Waals surface area contributed by atoms with Gasteiger partial charge in [-0.25, -0.2) is 4.59 Å². The molecule has 0 atom stereocenters. The lowest BCUT2D eigenvalue weighted by atomic mass is 10.2. The summed E-state index contributed by atoms with van der Waals surface area (Å²) >= 11 is 0. The van der Waals surface area contributed by atoms with Gasteiger partial charge in [0.1, 0.15) is 13.1 Å². The number of nitrogens with two attached hydrogens (primary N) is 1. The van der Waals surface area contributed by atoms with Crippen molar-refractivity contribution in [2.45, 2.75) is 0 Å². The fourth-order valence-corrected chi connectivity index (χ4v) is 2.97. The van der Waals surface area contributed by atoms with E-state index in [0.717, 1.165) is 37.6 Å². The van der Waals surface area contributed by atoms with Gasteiger partial charge in [0, 0.05) is 11.4 Å². The molecule has 5 heteroatoms. The SMILES string of the molecule is C[N+]1(N)CCN(CC(=O)N(c2ccccc2)c2ccccc2)CC1. The van der Waals surface area contributed by atoms with Crippen LogP contribution in [0.15, 0.2) is 60.7 Å². The lowest BCUT2D eigenvalue weighted by Crippen LogP contribution is -2.62. The van der Waals surface area contributed by atoms with E-state index >= 15 is 0 Å². The van der Waals surface area contributed by atoms with Gasteiger partial charge in [-0.2, -0.15) is 5.84 Å². The number of carbonyl (C=O) groups is 1. The molecule has 2 N–H and O–H groups in total. The Hall–Kier alpha value is -2.21. The summed E-state index contributed by atoms with van der Waals surface area (Å²) < 4.78 is 0.534. The van der Waals surface area contributed by atoms with Crippen molar-refractivity contribution in [3.63, 3.8) is 0 Å². The molecular weight excluding hydrogens is 300 g/mol. The minimum absolute atomic E-state index is 0.0838. The number of hydrogen-bond donors (Lipinski definition) is 1. The van der Waals surface area contributed by atoms with Crippen LogP contribution in [0.25, 0.3) is 0 Å². The average Bonchev–Trinajstić information content (AvgIpc) is 2.59. The first kappa shape index (κ1) is 16.6. The van der Waals surface area contributed by atoms with Gasteiger partial charge in [-0.1, -0.05) is 36.4 Å². The standard InChI is InChI=1S/C19H25N4O/c1-23(20)14-12-21(13-15-23)16-19(24)22(17-8-4-2-5-9-17)18-10-6-3-7-11-18/h2-11H,12-16,20H2,1H3/q+1. The molecule has 3 rings (SSSR count). The maximum Gasteiger partial charge on any atom is 0.245 e. The van der Waals surface area contributed by atoms with E-state index in [1.165, 1.54) is 0 Å². The first-order valence-corrected chi connectivity index (χ1v) is 8.34. The molecule has 0 saturated carbocycles. The summed E-state index contributed by atoms with van der Waals surface area (Å²) in [6, 6.07) is 19.6. The highest BCUT2D eigenvalue weighted by Gasteiger charge is 2.28. The van der Waals surface area contributed by atoms with Gasteiger partial charge in [0.15, 0.2) is 0 Å². The molecule has 0 aromatic heterocycles. The first-order valence-electron chi connectivity index (χ1n) is 8.34. The molecule has 0 bridgehead atoms. The normalized spacial score (nSPS) is 17.4. The number of piperazine rings is 1. The third kappa shape index (κ3) is 4.00. The number of para-hydroxylation sites is 2. The van der Waals surface area contributed by atoms with Gasteiger partial charge < -0.3 is 0 Å². The van der Waals surface area contributed by atoms with Crippen LogP contribution in [0.5, 0.6) is 0 Å². The van der Waals surface area contributed by atoms with Crippen LogP contribution in [-0.2, 0) is 4.79 Å². The molecular formula is C19H25N4O+. The van der Waals surface area contributed by atoms with Gasteiger partial charge >= 0.3 is 0 Å². The summed E-state index contributed by atoms with van der Waals surface area (Å²) in [6.45, 7) is 3.82. The molecule has 1 fully saturated rings. The number of likely N-dealkylation sites (N-methyl/N-ethyl adjacent to an activating group) is 1. The van der Waals surface area contributed by atoms with Crippen molar-refractivity contribution in [2.24, 2.45) is 5.84 Å². The van der Waals surface area contributed by atoms with Crippen molar-refractivity contribution in [1.82, 2.24) is 4.90 Å². The predicted molar refractivity (Wildman–Crippen MR) is 96.6 cm³/mol. The Kier molecular flexibility index (Phi) is 4.94. The zero-order chi connectivity index (χ0) is 17.0. The van der Waals surface area contributed by atoms with E-state index in [-0.39, 0.29) is 5.91 Å². The molecule has 0 aliphatic carbocycles. The molecule has 1 amide bonds. The van der Waals surface area contributed by atoms with Gasteiger partial charge in [-0.05, 0) is 24.3 Å². The molecule has 0 spiro atoms. The van der Waals surface area contributed by atoms with Crippen molar-refractivity contribution < 1.29 is 9.39 Å². The summed E-state index contributed by atoms with van der Waals surface area (Å²) in [6.07, 6.45) is 0. The number of nitrogens with zero attached hydrogens (tertiary/aromatic N) is 3. The predicted octanol–water partition coefficient (Wildman–Crippen LogP) is 1.99. The highest BCUT2D eigenvalue weighted by atomic mass is 16.2. The second-order valence-corrected chi connectivity index (χ2v) is 6.60. The molecule has 1 heterocycles. The van der Waals surface area contributed by atoms with Gasteiger partial charge in [0.2, 0.25) is 5.91 Å². The van der Waals surface area contributed by atoms with Gasteiger partial charge in [0.05, 0.1) is 26.7 Å². The monoisotopic (exact) mass is 325 g/mol. The van der Waals surface area contributed by atoms with E-state index < -0.39 is 0 Å². The summed E-state index contributed by atoms with van der Waals surface area (Å²) in [4.78, 5) is 17.0. The number of rotatable bonds is 4. The Morgan fingerprint density at radius 2 is 1.46 bits per heavy atom. The van der Waals surface area contributed by atoms with Crippen LogP contribution in [0.4, 0.5) is 11.4 Å². The fraction of sp³-hybridized carbons (Fsp3) is 0.316. The van der Waals surface area contributed by atoms with Crippen molar-refractivity contribution in [3.05, 3.63) is 60.7 Å². The van der Waals surface area contributed by atoms with Crippen molar-refractivity contribution >= 4 is 17.3 Å². The van der Waals surface area contributed by atoms with Crippen LogP contribution in [0.2, 0.25) is 0 Å². The molecule has 2 aromatic carbocycles. The van der Waals surface area contributed by atoms with Crippen LogP contribution in [0.3, 0.4) is 0 Å². The van der Waals surface area contributed by atoms with E-state index in [2.05, 4.69) is 4.90 Å². The zero-order valence-corrected chi connectivity index (χ0v) is 14.1. The summed E-state index contributed by atoms with van der Waals surface area (Å²) in [5.41, 5.74) is 1.79. The second-order valence-electron chi connectivity index (χ2n) is 6.60. The molecule has 126 valence electrons. The Morgan fingerprint density at radius 3 is 1.92 bits per heavy atom. The molecule has 5 nitrogen and oxygen atoms in total. The van der Waals surface area contributed by atoms with Crippen molar-refractivity contribution in [3.8, 4) is 0 Å². The van der Waals surface area contributed by atoms with Crippen LogP contribution >= 0.6 is 0 Å². The van der Waals surface area contributed by atoms with E-state index in [9.17, 15) is 4.79 Å². The number of carbonyl (C=O) groups excluding carboxylic acids is 1. The molecule has 0 unspecified atom stereocenters. The average molecular weight is 325 g/mol. The number of hydrogen-bond acceptors (Lipinski definition) is 3. The van der Waals surface area contributed by atoms with Crippen molar-refractivity contribution in [1.29, 1.82) is 0 Å². The van der Waals surface area contributed by atoms with Crippen LogP contribution in [0.1, 0.15) is 0 Å². The quantitative estimate of drug-likeness (QED) is 0.691. The van der Waals surface area contributed by atoms with Crippen LogP contribution in [-0.4, -0.2) is 55.2 Å². The Bertz CT molecular complexity index is 623. The lowest BCUT2D eigenvalue weighted by Gasteiger charge is -2.38. The van der Waals surface area contributed by atoms with Crippen LogP contribution < -0.4 is 10.7 Å². The second kappa shape index (κ2) is 7.13. The minimum atomic E-state index is 0.0838. The maximum absolute atomic E-state index is 13.0. The van der Waals surface area contributed by atoms with Gasteiger partial charge in [-0.15, -0.1) is 0 Å². The Morgan fingerprint density at radius 1 is 1.00 bits per heavy atom. The van der Waals surface area contributed by atoms with Crippen molar-refractivity contribution in [2.75, 3.05) is 44.7 Å². The largest absolute Gasteiger partial charge is 0.283 e. The molecule has 1 aliphatic rings. The molecule has 24 heavy (non-hydrogen) atoms. The topological polar surface area (TPSA) is 49.6 Å². The maximum atomic E-state index is 13.0.